The van der Waals surface area contributed by atoms with E-state index in [0.29, 0.717) is 13.2 Å². The Morgan fingerprint density at radius 1 is 1.28 bits per heavy atom. The number of rotatable bonds is 4. The van der Waals surface area contributed by atoms with Gasteiger partial charge in [-0.3, -0.25) is 0 Å². The molecule has 0 aromatic carbocycles. The molecular weight excluding hydrogens is 386 g/mol. The molecular formula is C21H25N5O2S. The van der Waals surface area contributed by atoms with Gasteiger partial charge in [-0.1, -0.05) is 6.08 Å². The summed E-state index contributed by atoms with van der Waals surface area (Å²) in [7, 11) is 0. The van der Waals surface area contributed by atoms with Gasteiger partial charge in [-0.2, -0.15) is 0 Å². The van der Waals surface area contributed by atoms with Gasteiger partial charge in [0.25, 0.3) is 0 Å². The molecule has 29 heavy (non-hydrogen) atoms. The van der Waals surface area contributed by atoms with Crippen molar-refractivity contribution in [1.82, 2.24) is 15.0 Å². The first kappa shape index (κ1) is 18.7. The molecule has 2 aliphatic rings. The molecule has 0 spiro atoms. The van der Waals surface area contributed by atoms with E-state index in [2.05, 4.69) is 35.6 Å². The molecule has 5 rings (SSSR count). The fraction of sp³-hybridized carbons (Fsp3) is 0.476. The Hall–Kier alpha value is -2.29. The first-order chi connectivity index (χ1) is 14.1. The second-order valence-electron chi connectivity index (χ2n) is 8.07. The highest BCUT2D eigenvalue weighted by molar-refractivity contribution is 7.26. The number of anilines is 2. The topological polar surface area (TPSA) is 72.4 Å². The SMILES string of the molecule is C=CCNc1nc2sc3c(N4CCOCC4)ncnc3c2c2c1COC(C)(C)C2. The van der Waals surface area contributed by atoms with Crippen molar-refractivity contribution in [3.8, 4) is 0 Å². The minimum absolute atomic E-state index is 0.217. The minimum atomic E-state index is -0.217. The number of nitrogens with zero attached hydrogens (tertiary/aromatic N) is 4. The zero-order valence-electron chi connectivity index (χ0n) is 16.8. The van der Waals surface area contributed by atoms with E-state index in [-0.39, 0.29) is 5.60 Å². The number of ether oxygens (including phenoxy) is 2. The number of hydrogen-bond donors (Lipinski definition) is 1. The van der Waals surface area contributed by atoms with Gasteiger partial charge in [0.1, 0.15) is 22.8 Å². The van der Waals surface area contributed by atoms with Crippen molar-refractivity contribution in [2.75, 3.05) is 43.1 Å². The van der Waals surface area contributed by atoms with Gasteiger partial charge in [-0.25, -0.2) is 15.0 Å². The predicted molar refractivity (Wildman–Crippen MR) is 117 cm³/mol. The Labute approximate surface area is 173 Å². The Morgan fingerprint density at radius 2 is 2.10 bits per heavy atom. The maximum Gasteiger partial charge on any atom is 0.150 e. The molecule has 5 heterocycles. The summed E-state index contributed by atoms with van der Waals surface area (Å²) >= 11 is 1.68. The van der Waals surface area contributed by atoms with E-state index in [0.717, 1.165) is 70.4 Å². The molecule has 0 bridgehead atoms. The molecule has 0 unspecified atom stereocenters. The lowest BCUT2D eigenvalue weighted by Crippen LogP contribution is -2.36. The lowest BCUT2D eigenvalue weighted by atomic mass is 9.90. The minimum Gasteiger partial charge on any atom is -0.378 e. The van der Waals surface area contributed by atoms with Crippen LogP contribution in [0.1, 0.15) is 25.0 Å². The standard InChI is InChI=1S/C21H25N5O2S/c1-4-5-22-18-14-11-28-21(2,3)10-13(14)15-16-17(29-20(15)25-18)19(24-12-23-16)26-6-8-27-9-7-26/h4,12H,1,5-11H2,2-3H3,(H,22,25). The summed E-state index contributed by atoms with van der Waals surface area (Å²) in [5, 5.41) is 4.55. The monoisotopic (exact) mass is 411 g/mol. The molecule has 0 amide bonds. The van der Waals surface area contributed by atoms with Gasteiger partial charge < -0.3 is 19.7 Å². The number of hydrogen-bond acceptors (Lipinski definition) is 8. The zero-order chi connectivity index (χ0) is 20.0. The van der Waals surface area contributed by atoms with Crippen molar-refractivity contribution in [3.63, 3.8) is 0 Å². The molecule has 3 aromatic rings. The highest BCUT2D eigenvalue weighted by Gasteiger charge is 2.32. The van der Waals surface area contributed by atoms with Gasteiger partial charge in [-0.15, -0.1) is 17.9 Å². The molecule has 3 aromatic heterocycles. The third kappa shape index (κ3) is 3.25. The third-order valence-electron chi connectivity index (χ3n) is 5.53. The Balaban J connectivity index is 1.75. The fourth-order valence-electron chi connectivity index (χ4n) is 4.11. The second-order valence-corrected chi connectivity index (χ2v) is 9.07. The molecule has 1 fully saturated rings. The van der Waals surface area contributed by atoms with E-state index < -0.39 is 0 Å². The van der Waals surface area contributed by atoms with Gasteiger partial charge in [-0.05, 0) is 19.4 Å². The Bertz CT molecular complexity index is 1090. The van der Waals surface area contributed by atoms with Gasteiger partial charge in [0.05, 0.1) is 35.6 Å². The van der Waals surface area contributed by atoms with Crippen LogP contribution in [0, 0.1) is 0 Å². The first-order valence-corrected chi connectivity index (χ1v) is 10.8. The highest BCUT2D eigenvalue weighted by atomic mass is 32.1. The molecule has 0 radical (unpaired) electrons. The van der Waals surface area contributed by atoms with Crippen LogP contribution < -0.4 is 10.2 Å². The van der Waals surface area contributed by atoms with E-state index >= 15 is 0 Å². The van der Waals surface area contributed by atoms with Crippen LogP contribution in [0.5, 0.6) is 0 Å². The van der Waals surface area contributed by atoms with Crippen LogP contribution in [0.2, 0.25) is 0 Å². The molecule has 8 heteroatoms. The van der Waals surface area contributed by atoms with Crippen LogP contribution in [0.25, 0.3) is 20.4 Å². The van der Waals surface area contributed by atoms with E-state index in [9.17, 15) is 0 Å². The fourth-order valence-corrected chi connectivity index (χ4v) is 5.29. The van der Waals surface area contributed by atoms with Crippen molar-refractivity contribution in [2.24, 2.45) is 0 Å². The normalized spacial score (nSPS) is 18.8. The van der Waals surface area contributed by atoms with E-state index in [1.54, 1.807) is 17.7 Å². The summed E-state index contributed by atoms with van der Waals surface area (Å²) in [4.78, 5) is 17.6. The summed E-state index contributed by atoms with van der Waals surface area (Å²) in [6, 6.07) is 0. The molecule has 152 valence electrons. The average molecular weight is 412 g/mol. The first-order valence-electron chi connectivity index (χ1n) is 9.98. The Kier molecular flexibility index (Phi) is 4.64. The van der Waals surface area contributed by atoms with E-state index in [1.807, 2.05) is 6.08 Å². The summed E-state index contributed by atoms with van der Waals surface area (Å²) in [6.07, 6.45) is 4.35. The van der Waals surface area contributed by atoms with Crippen molar-refractivity contribution in [3.05, 3.63) is 30.1 Å². The van der Waals surface area contributed by atoms with E-state index in [1.165, 1.54) is 5.56 Å². The largest absolute Gasteiger partial charge is 0.378 e. The molecule has 0 saturated carbocycles. The average Bonchev–Trinajstić information content (AvgIpc) is 3.10. The van der Waals surface area contributed by atoms with Gasteiger partial charge in [0.2, 0.25) is 0 Å². The van der Waals surface area contributed by atoms with Crippen LogP contribution in [-0.4, -0.2) is 53.4 Å². The van der Waals surface area contributed by atoms with E-state index in [4.69, 9.17) is 19.4 Å². The summed E-state index contributed by atoms with van der Waals surface area (Å²) in [5.74, 6) is 1.87. The number of morpholine rings is 1. The number of aromatic nitrogens is 3. The Morgan fingerprint density at radius 3 is 2.90 bits per heavy atom. The molecule has 0 atom stereocenters. The lowest BCUT2D eigenvalue weighted by molar-refractivity contribution is -0.0394. The van der Waals surface area contributed by atoms with Gasteiger partial charge >= 0.3 is 0 Å². The predicted octanol–water partition coefficient (Wildman–Crippen LogP) is 3.53. The molecule has 7 nitrogen and oxygen atoms in total. The number of thiophene rings is 1. The molecule has 1 saturated heterocycles. The summed E-state index contributed by atoms with van der Waals surface area (Å²) in [5.41, 5.74) is 3.20. The van der Waals surface area contributed by atoms with Crippen LogP contribution in [0.15, 0.2) is 19.0 Å². The zero-order valence-corrected chi connectivity index (χ0v) is 17.6. The molecule has 1 N–H and O–H groups in total. The second kappa shape index (κ2) is 7.19. The van der Waals surface area contributed by atoms with Crippen molar-refractivity contribution in [1.29, 1.82) is 0 Å². The quantitative estimate of drug-likeness (QED) is 0.659. The van der Waals surface area contributed by atoms with Gasteiger partial charge in [0.15, 0.2) is 0 Å². The number of fused-ring (bicyclic) bond motifs is 5. The number of nitrogens with one attached hydrogen (secondary N) is 1. The third-order valence-corrected chi connectivity index (χ3v) is 6.60. The lowest BCUT2D eigenvalue weighted by Gasteiger charge is -2.33. The van der Waals surface area contributed by atoms with Crippen molar-refractivity contribution in [2.45, 2.75) is 32.5 Å². The summed E-state index contributed by atoms with van der Waals surface area (Å²) < 4.78 is 12.7. The molecule has 2 aliphatic heterocycles. The van der Waals surface area contributed by atoms with Crippen LogP contribution in [-0.2, 0) is 22.5 Å². The maximum atomic E-state index is 6.11. The molecule has 0 aliphatic carbocycles. The van der Waals surface area contributed by atoms with Crippen LogP contribution >= 0.6 is 11.3 Å². The van der Waals surface area contributed by atoms with Crippen LogP contribution in [0.3, 0.4) is 0 Å². The van der Waals surface area contributed by atoms with Gasteiger partial charge in [0, 0.05) is 37.0 Å². The summed E-state index contributed by atoms with van der Waals surface area (Å²) in [6.45, 7) is 12.5. The van der Waals surface area contributed by atoms with Crippen LogP contribution in [0.4, 0.5) is 11.6 Å². The number of pyridine rings is 1. The maximum absolute atomic E-state index is 6.11. The smallest absolute Gasteiger partial charge is 0.150 e. The highest BCUT2D eigenvalue weighted by Crippen LogP contribution is 2.43. The van der Waals surface area contributed by atoms with Crippen molar-refractivity contribution >= 4 is 43.4 Å². The van der Waals surface area contributed by atoms with Crippen molar-refractivity contribution < 1.29 is 9.47 Å².